The third-order valence-electron chi connectivity index (χ3n) is 1.23. The van der Waals surface area contributed by atoms with Crippen molar-refractivity contribution in [1.82, 2.24) is 0 Å². The van der Waals surface area contributed by atoms with Crippen LogP contribution in [0.1, 0.15) is 6.42 Å². The quantitative estimate of drug-likeness (QED) is 0.377. The molecule has 0 heteroatoms. The average molecular weight is 76.1 g/mol. The zero-order chi connectivity index (χ0) is 3.98. The average Bonchev–Trinajstić information content (AvgIpc) is 2.17. The smallest absolute Gasteiger partial charge is 0.0217 e. The first-order valence-corrected chi connectivity index (χ1v) is 2.17. The van der Waals surface area contributed by atoms with Crippen LogP contribution in [0.2, 0.25) is 0 Å². The molecule has 2 aliphatic carbocycles. The fraction of sp³-hybridized carbons (Fsp3) is 0.333. The second-order valence-corrected chi connectivity index (χ2v) is 1.73. The van der Waals surface area contributed by atoms with Crippen LogP contribution in [0.5, 0.6) is 0 Å². The van der Waals surface area contributed by atoms with Gasteiger partial charge < -0.3 is 0 Å². The summed E-state index contributed by atoms with van der Waals surface area (Å²) in [6, 6.07) is 0. The molecule has 2 rings (SSSR count). The van der Waals surface area contributed by atoms with Gasteiger partial charge in [-0.15, -0.1) is 0 Å². The second kappa shape index (κ2) is 0.541. The maximum absolute atomic E-state index is 3.00. The second-order valence-electron chi connectivity index (χ2n) is 1.73. The number of allylic oxidation sites excluding steroid dienone is 2. The largest absolute Gasteiger partial charge is 0.0972 e. The zero-order valence-electron chi connectivity index (χ0n) is 3.36. The van der Waals surface area contributed by atoms with Crippen molar-refractivity contribution in [1.29, 1.82) is 0 Å². The molecule has 0 bridgehead atoms. The van der Waals surface area contributed by atoms with Crippen LogP contribution in [0, 0.1) is 17.8 Å². The van der Waals surface area contributed by atoms with Crippen LogP contribution in [0.3, 0.4) is 0 Å². The summed E-state index contributed by atoms with van der Waals surface area (Å²) in [4.78, 5) is 0. The van der Waals surface area contributed by atoms with E-state index in [4.69, 9.17) is 0 Å². The van der Waals surface area contributed by atoms with Gasteiger partial charge in [0.25, 0.3) is 0 Å². The molecule has 0 saturated carbocycles. The van der Waals surface area contributed by atoms with Crippen LogP contribution in [0.25, 0.3) is 0 Å². The van der Waals surface area contributed by atoms with Crippen LogP contribution in [-0.2, 0) is 0 Å². The molecule has 0 nitrogen and oxygen atoms in total. The van der Waals surface area contributed by atoms with Crippen LogP contribution >= 0.6 is 0 Å². The van der Waals surface area contributed by atoms with E-state index in [0.29, 0.717) is 0 Å². The Morgan fingerprint density at radius 3 is 3.00 bits per heavy atom. The molecule has 0 radical (unpaired) electrons. The summed E-state index contributed by atoms with van der Waals surface area (Å²) in [6.07, 6.45) is 3.33. The molecule has 28 valence electrons. The van der Waals surface area contributed by atoms with Crippen molar-refractivity contribution in [3.8, 4) is 11.8 Å². The van der Waals surface area contributed by atoms with Gasteiger partial charge in [-0.2, -0.15) is 0 Å². The summed E-state index contributed by atoms with van der Waals surface area (Å²) in [7, 11) is 0. The van der Waals surface area contributed by atoms with Gasteiger partial charge in [0, 0.05) is 17.9 Å². The van der Waals surface area contributed by atoms with E-state index < -0.39 is 0 Å². The van der Waals surface area contributed by atoms with Crippen molar-refractivity contribution in [2.24, 2.45) is 5.92 Å². The van der Waals surface area contributed by atoms with E-state index >= 15 is 0 Å². The van der Waals surface area contributed by atoms with Crippen molar-refractivity contribution in [3.05, 3.63) is 11.6 Å². The Balaban J connectivity index is 2.49. The van der Waals surface area contributed by atoms with E-state index in [9.17, 15) is 0 Å². The lowest BCUT2D eigenvalue weighted by Crippen LogP contribution is -1.65. The minimum absolute atomic E-state index is 0.782. The lowest BCUT2D eigenvalue weighted by atomic mass is 10.3. The zero-order valence-corrected chi connectivity index (χ0v) is 3.36. The van der Waals surface area contributed by atoms with Crippen molar-refractivity contribution < 1.29 is 0 Å². The van der Waals surface area contributed by atoms with Gasteiger partial charge in [0.2, 0.25) is 0 Å². The fourth-order valence-corrected chi connectivity index (χ4v) is 0.735. The van der Waals surface area contributed by atoms with E-state index in [2.05, 4.69) is 17.9 Å². The van der Waals surface area contributed by atoms with E-state index in [0.717, 1.165) is 12.3 Å². The van der Waals surface area contributed by atoms with Crippen molar-refractivity contribution in [2.45, 2.75) is 6.42 Å². The molecular weight excluding hydrogens is 72.1 g/mol. The number of fused-ring (bicyclic) bond motifs is 1. The predicted octanol–water partition coefficient (Wildman–Crippen LogP) is 0.950. The van der Waals surface area contributed by atoms with Gasteiger partial charge in [-0.1, -0.05) is 17.9 Å². The van der Waals surface area contributed by atoms with Crippen LogP contribution < -0.4 is 0 Å². The minimum Gasteiger partial charge on any atom is -0.0972 e. The molecule has 0 fully saturated rings. The molecule has 0 aromatic rings. The molecule has 0 spiro atoms. The SMILES string of the molecule is C1#CC2=CC2C1. The third-order valence-corrected chi connectivity index (χ3v) is 1.23. The maximum atomic E-state index is 3.00. The Kier molecular flexibility index (Phi) is 0.223. The number of hydrogen-bond acceptors (Lipinski definition) is 0. The summed E-state index contributed by atoms with van der Waals surface area (Å²) in [5.74, 6) is 6.79. The van der Waals surface area contributed by atoms with Crippen molar-refractivity contribution in [3.63, 3.8) is 0 Å². The Hall–Kier alpha value is -0.700. The lowest BCUT2D eigenvalue weighted by Gasteiger charge is -1.72. The monoisotopic (exact) mass is 76.0 g/mol. The van der Waals surface area contributed by atoms with Crippen LogP contribution in [0.4, 0.5) is 0 Å². The summed E-state index contributed by atoms with van der Waals surface area (Å²) in [6.45, 7) is 0. The van der Waals surface area contributed by atoms with Crippen LogP contribution in [0.15, 0.2) is 11.6 Å². The number of hydrogen-bond donors (Lipinski definition) is 0. The van der Waals surface area contributed by atoms with E-state index in [1.807, 2.05) is 0 Å². The Morgan fingerprint density at radius 2 is 2.83 bits per heavy atom. The molecule has 0 aliphatic heterocycles. The first kappa shape index (κ1) is 2.47. The van der Waals surface area contributed by atoms with Gasteiger partial charge in [-0.05, 0) is 0 Å². The van der Waals surface area contributed by atoms with Crippen molar-refractivity contribution in [2.75, 3.05) is 0 Å². The van der Waals surface area contributed by atoms with Gasteiger partial charge in [0.05, 0.1) is 0 Å². The molecule has 0 aromatic carbocycles. The molecule has 0 heterocycles. The lowest BCUT2D eigenvalue weighted by molar-refractivity contribution is 0.970. The van der Waals surface area contributed by atoms with Gasteiger partial charge >= 0.3 is 0 Å². The third kappa shape index (κ3) is 0.137. The highest BCUT2D eigenvalue weighted by molar-refractivity contribution is 5.51. The summed E-state index contributed by atoms with van der Waals surface area (Å²) in [5, 5.41) is 0. The minimum atomic E-state index is 0.782. The van der Waals surface area contributed by atoms with Crippen LogP contribution in [-0.4, -0.2) is 0 Å². The molecule has 6 heavy (non-hydrogen) atoms. The first-order chi connectivity index (χ1) is 2.97. The Labute approximate surface area is 36.9 Å². The molecule has 0 aromatic heterocycles. The highest BCUT2D eigenvalue weighted by Gasteiger charge is 2.24. The maximum Gasteiger partial charge on any atom is 0.0217 e. The highest BCUT2D eigenvalue weighted by Crippen LogP contribution is 2.34. The molecule has 1 unspecified atom stereocenters. The Bertz CT molecular complexity index is 164. The summed E-state index contributed by atoms with van der Waals surface area (Å²) < 4.78 is 0. The predicted molar refractivity (Wildman–Crippen MR) is 24.0 cm³/mol. The molecular formula is C6H4. The van der Waals surface area contributed by atoms with E-state index in [1.165, 1.54) is 5.57 Å². The Morgan fingerprint density at radius 1 is 1.83 bits per heavy atom. The summed E-state index contributed by atoms with van der Waals surface area (Å²) >= 11 is 0. The first-order valence-electron chi connectivity index (χ1n) is 2.17. The molecule has 2 aliphatic rings. The standard InChI is InChI=1S/C6H4/c1-2-5-4-6(5)3-1/h4-5H,2H2. The molecule has 0 N–H and O–H groups in total. The van der Waals surface area contributed by atoms with Gasteiger partial charge in [0.15, 0.2) is 0 Å². The van der Waals surface area contributed by atoms with Gasteiger partial charge in [-0.3, -0.25) is 0 Å². The number of rotatable bonds is 0. The molecule has 0 amide bonds. The topological polar surface area (TPSA) is 0 Å². The van der Waals surface area contributed by atoms with Crippen molar-refractivity contribution >= 4 is 0 Å². The van der Waals surface area contributed by atoms with E-state index in [-0.39, 0.29) is 0 Å². The fourth-order valence-electron chi connectivity index (χ4n) is 0.735. The van der Waals surface area contributed by atoms with Gasteiger partial charge in [-0.25, -0.2) is 0 Å². The summed E-state index contributed by atoms with van der Waals surface area (Å²) in [5.41, 5.74) is 1.38. The molecule has 0 saturated heterocycles. The van der Waals surface area contributed by atoms with E-state index in [1.54, 1.807) is 0 Å². The highest BCUT2D eigenvalue weighted by atomic mass is 14.3. The normalized spacial score (nSPS) is 33.3. The molecule has 1 atom stereocenters. The van der Waals surface area contributed by atoms with Gasteiger partial charge in [0.1, 0.15) is 0 Å².